The Bertz CT molecular complexity index is 980. The van der Waals surface area contributed by atoms with E-state index < -0.39 is 0 Å². The summed E-state index contributed by atoms with van der Waals surface area (Å²) in [5.41, 5.74) is 5.54. The average molecular weight is 357 g/mol. The highest BCUT2D eigenvalue weighted by molar-refractivity contribution is 6.04. The Balaban J connectivity index is 1.63. The second kappa shape index (κ2) is 6.16. The first-order chi connectivity index (χ1) is 13.3. The van der Waals surface area contributed by atoms with E-state index in [-0.39, 0.29) is 5.41 Å². The van der Waals surface area contributed by atoms with Gasteiger partial charge in [-0.15, -0.1) is 0 Å². The molecule has 0 spiro atoms. The number of H-pyrrole nitrogens is 1. The summed E-state index contributed by atoms with van der Waals surface area (Å²) < 4.78 is 0. The summed E-state index contributed by atoms with van der Waals surface area (Å²) in [4.78, 5) is 8.35. The fourth-order valence-corrected chi connectivity index (χ4v) is 4.00. The number of hydrogen-bond donors (Lipinski definition) is 2. The topological polar surface area (TPSA) is 87.0 Å². The van der Waals surface area contributed by atoms with Crippen molar-refractivity contribution in [2.45, 2.75) is 24.7 Å². The maximum absolute atomic E-state index is 9.46. The lowest BCUT2D eigenvalue weighted by molar-refractivity contribution is 0.317. The number of aromatic amines is 1. The highest BCUT2D eigenvalue weighted by Crippen LogP contribution is 2.42. The third kappa shape index (κ3) is 2.56. The van der Waals surface area contributed by atoms with E-state index in [4.69, 9.17) is 0 Å². The van der Waals surface area contributed by atoms with Crippen LogP contribution >= 0.6 is 0 Å². The SMILES string of the molecule is O/N=C(/c1n[nH]c2c1C=CC(c1ccncc1)(c1ccncc1)C2)C1CC1. The summed E-state index contributed by atoms with van der Waals surface area (Å²) in [5.74, 6) is 0.322. The van der Waals surface area contributed by atoms with Crippen LogP contribution in [0.2, 0.25) is 0 Å². The van der Waals surface area contributed by atoms with Crippen molar-refractivity contribution in [3.05, 3.63) is 83.2 Å². The molecule has 2 aliphatic rings. The lowest BCUT2D eigenvalue weighted by Gasteiger charge is -2.34. The summed E-state index contributed by atoms with van der Waals surface area (Å²) in [6, 6.07) is 8.21. The molecule has 0 unspecified atom stereocenters. The highest BCUT2D eigenvalue weighted by atomic mass is 16.4. The molecule has 2 N–H and O–H groups in total. The van der Waals surface area contributed by atoms with E-state index in [1.54, 1.807) is 0 Å². The van der Waals surface area contributed by atoms with Gasteiger partial charge in [0.2, 0.25) is 0 Å². The number of fused-ring (bicyclic) bond motifs is 1. The number of aromatic nitrogens is 4. The number of nitrogens with zero attached hydrogens (tertiary/aromatic N) is 4. The first-order valence-corrected chi connectivity index (χ1v) is 9.11. The molecule has 1 saturated carbocycles. The van der Waals surface area contributed by atoms with Gasteiger partial charge < -0.3 is 5.21 Å². The smallest absolute Gasteiger partial charge is 0.117 e. The van der Waals surface area contributed by atoms with Crippen molar-refractivity contribution in [2.24, 2.45) is 11.1 Å². The molecular formula is C21H19N5O. The van der Waals surface area contributed by atoms with Gasteiger partial charge in [0.1, 0.15) is 11.4 Å². The maximum Gasteiger partial charge on any atom is 0.117 e. The van der Waals surface area contributed by atoms with Crippen LogP contribution in [0.3, 0.4) is 0 Å². The summed E-state index contributed by atoms with van der Waals surface area (Å²) in [6.45, 7) is 0. The van der Waals surface area contributed by atoms with Crippen LogP contribution in [0.1, 0.15) is 40.9 Å². The van der Waals surface area contributed by atoms with Crippen LogP contribution in [0.15, 0.2) is 60.3 Å². The molecule has 0 aliphatic heterocycles. The van der Waals surface area contributed by atoms with Crippen molar-refractivity contribution in [3.63, 3.8) is 0 Å². The molecule has 27 heavy (non-hydrogen) atoms. The van der Waals surface area contributed by atoms with Gasteiger partial charge in [0.15, 0.2) is 0 Å². The molecule has 134 valence electrons. The zero-order chi connectivity index (χ0) is 18.3. The minimum Gasteiger partial charge on any atom is -0.411 e. The first-order valence-electron chi connectivity index (χ1n) is 9.11. The van der Waals surface area contributed by atoms with Gasteiger partial charge in [-0.05, 0) is 48.2 Å². The van der Waals surface area contributed by atoms with Gasteiger partial charge >= 0.3 is 0 Å². The Morgan fingerprint density at radius 3 is 2.22 bits per heavy atom. The van der Waals surface area contributed by atoms with Gasteiger partial charge in [-0.2, -0.15) is 5.10 Å². The van der Waals surface area contributed by atoms with Gasteiger partial charge in [0.25, 0.3) is 0 Å². The molecule has 3 heterocycles. The molecule has 0 radical (unpaired) electrons. The van der Waals surface area contributed by atoms with E-state index in [0.717, 1.165) is 36.2 Å². The fraction of sp³-hybridized carbons (Fsp3) is 0.238. The molecule has 1 fully saturated rings. The molecule has 6 heteroatoms. The normalized spacial score (nSPS) is 18.3. The Morgan fingerprint density at radius 2 is 1.67 bits per heavy atom. The summed E-state index contributed by atoms with van der Waals surface area (Å²) >= 11 is 0. The average Bonchev–Trinajstić information content (AvgIpc) is 3.49. The summed E-state index contributed by atoms with van der Waals surface area (Å²) in [7, 11) is 0. The molecule has 6 nitrogen and oxygen atoms in total. The Kier molecular flexibility index (Phi) is 3.63. The van der Waals surface area contributed by atoms with E-state index in [2.05, 4.69) is 61.7 Å². The third-order valence-corrected chi connectivity index (χ3v) is 5.58. The number of pyridine rings is 2. The van der Waals surface area contributed by atoms with Crippen LogP contribution in [0.4, 0.5) is 0 Å². The summed E-state index contributed by atoms with van der Waals surface area (Å²) in [6.07, 6.45) is 14.5. The van der Waals surface area contributed by atoms with Gasteiger partial charge in [-0.25, -0.2) is 0 Å². The lowest BCUT2D eigenvalue weighted by Crippen LogP contribution is -2.30. The van der Waals surface area contributed by atoms with Crippen molar-refractivity contribution < 1.29 is 5.21 Å². The Labute approximate surface area is 156 Å². The monoisotopic (exact) mass is 357 g/mol. The van der Waals surface area contributed by atoms with E-state index in [0.29, 0.717) is 11.6 Å². The Hall–Kier alpha value is -3.28. The van der Waals surface area contributed by atoms with Crippen LogP contribution in [-0.2, 0) is 11.8 Å². The van der Waals surface area contributed by atoms with Crippen molar-refractivity contribution in [1.82, 2.24) is 20.2 Å². The molecular weight excluding hydrogens is 338 g/mol. The van der Waals surface area contributed by atoms with Crippen molar-refractivity contribution in [1.29, 1.82) is 0 Å². The highest BCUT2D eigenvalue weighted by Gasteiger charge is 2.38. The fourth-order valence-electron chi connectivity index (χ4n) is 4.00. The van der Waals surface area contributed by atoms with Crippen LogP contribution < -0.4 is 0 Å². The van der Waals surface area contributed by atoms with Crippen LogP contribution in [0.5, 0.6) is 0 Å². The maximum atomic E-state index is 9.46. The second-order valence-corrected chi connectivity index (χ2v) is 7.18. The Morgan fingerprint density at radius 1 is 1.04 bits per heavy atom. The quantitative estimate of drug-likeness (QED) is 0.426. The third-order valence-electron chi connectivity index (χ3n) is 5.58. The molecule has 0 atom stereocenters. The largest absolute Gasteiger partial charge is 0.411 e. The minimum atomic E-state index is -0.321. The van der Waals surface area contributed by atoms with Crippen LogP contribution in [0.25, 0.3) is 6.08 Å². The minimum absolute atomic E-state index is 0.321. The molecule has 0 bridgehead atoms. The van der Waals surface area contributed by atoms with Crippen LogP contribution in [-0.4, -0.2) is 31.1 Å². The predicted octanol–water partition coefficient (Wildman–Crippen LogP) is 3.34. The molecule has 0 saturated heterocycles. The molecule has 0 amide bonds. The molecule has 2 aliphatic carbocycles. The first kappa shape index (κ1) is 15.9. The van der Waals surface area contributed by atoms with Gasteiger partial charge in [0.05, 0.1) is 0 Å². The van der Waals surface area contributed by atoms with E-state index in [1.165, 1.54) is 11.1 Å². The van der Waals surface area contributed by atoms with Crippen molar-refractivity contribution in [2.75, 3.05) is 0 Å². The zero-order valence-electron chi connectivity index (χ0n) is 14.7. The standard InChI is InChI=1S/C21H19N5O/c27-26-19(14-1-2-14)20-17-3-8-21(13-18(17)24-25-20,15-4-9-22-10-5-15)16-6-11-23-12-7-16/h3-12,14,27H,1-2,13H2,(H,24,25)/b26-19+. The van der Waals surface area contributed by atoms with Gasteiger partial charge in [-0.3, -0.25) is 15.1 Å². The number of oxime groups is 1. The van der Waals surface area contributed by atoms with Gasteiger partial charge in [0, 0.05) is 53.8 Å². The lowest BCUT2D eigenvalue weighted by atomic mass is 9.69. The predicted molar refractivity (Wildman–Crippen MR) is 102 cm³/mol. The number of rotatable bonds is 4. The molecule has 5 rings (SSSR count). The van der Waals surface area contributed by atoms with Crippen molar-refractivity contribution in [3.8, 4) is 0 Å². The van der Waals surface area contributed by atoms with E-state index in [9.17, 15) is 5.21 Å². The number of nitrogens with one attached hydrogen (secondary N) is 1. The summed E-state index contributed by atoms with van der Waals surface area (Å²) in [5, 5.41) is 20.7. The molecule has 0 aromatic carbocycles. The second-order valence-electron chi connectivity index (χ2n) is 7.18. The van der Waals surface area contributed by atoms with Crippen molar-refractivity contribution >= 4 is 11.8 Å². The zero-order valence-corrected chi connectivity index (χ0v) is 14.7. The van der Waals surface area contributed by atoms with E-state index >= 15 is 0 Å². The van der Waals surface area contributed by atoms with Gasteiger partial charge in [-0.1, -0.05) is 17.3 Å². The van der Waals surface area contributed by atoms with E-state index in [1.807, 2.05) is 24.8 Å². The number of allylic oxidation sites excluding steroid dienone is 1. The van der Waals surface area contributed by atoms with Crippen LogP contribution in [0, 0.1) is 5.92 Å². The molecule has 3 aromatic heterocycles. The number of hydrogen-bond acceptors (Lipinski definition) is 5. The molecule has 3 aromatic rings.